The number of aromatic nitrogens is 3. The lowest BCUT2D eigenvalue weighted by atomic mass is 9.88. The van der Waals surface area contributed by atoms with Gasteiger partial charge in [-0.25, -0.2) is 4.98 Å². The van der Waals surface area contributed by atoms with Crippen molar-refractivity contribution in [2.45, 2.75) is 33.2 Å². The molecule has 0 fully saturated rings. The van der Waals surface area contributed by atoms with Gasteiger partial charge in [-0.15, -0.1) is 11.3 Å². The Balaban J connectivity index is 2.06. The van der Waals surface area contributed by atoms with E-state index in [-0.39, 0.29) is 24.0 Å². The van der Waals surface area contributed by atoms with Crippen LogP contribution in [0.1, 0.15) is 37.7 Å². The maximum Gasteiger partial charge on any atom is 0.271 e. The van der Waals surface area contributed by atoms with Crippen LogP contribution in [0.5, 0.6) is 0 Å². The highest BCUT2D eigenvalue weighted by atomic mass is 32.1. The van der Waals surface area contributed by atoms with Crippen LogP contribution in [0, 0.1) is 5.41 Å². The molecule has 0 aromatic carbocycles. The van der Waals surface area contributed by atoms with Crippen molar-refractivity contribution in [1.29, 1.82) is 0 Å². The van der Waals surface area contributed by atoms with Gasteiger partial charge in [-0.2, -0.15) is 0 Å². The number of rotatable bonds is 5. The van der Waals surface area contributed by atoms with Gasteiger partial charge < -0.3 is 10.4 Å². The van der Waals surface area contributed by atoms with E-state index in [1.165, 1.54) is 11.3 Å². The smallest absolute Gasteiger partial charge is 0.271 e. The lowest BCUT2D eigenvalue weighted by Crippen LogP contribution is -2.40. The van der Waals surface area contributed by atoms with Crippen molar-refractivity contribution in [2.75, 3.05) is 6.61 Å². The molecule has 2 N–H and O–H groups in total. The quantitative estimate of drug-likeness (QED) is 0.881. The summed E-state index contributed by atoms with van der Waals surface area (Å²) in [7, 11) is 0. The number of carbonyl (C=O) groups is 1. The van der Waals surface area contributed by atoms with Gasteiger partial charge in [0.05, 0.1) is 18.8 Å². The zero-order chi connectivity index (χ0) is 16.2. The van der Waals surface area contributed by atoms with Crippen molar-refractivity contribution in [1.82, 2.24) is 20.3 Å². The maximum atomic E-state index is 12.2. The molecule has 0 aliphatic carbocycles. The number of hydrogen-bond acceptors (Lipinski definition) is 6. The molecule has 0 saturated carbocycles. The maximum absolute atomic E-state index is 12.2. The zero-order valence-corrected chi connectivity index (χ0v) is 13.7. The van der Waals surface area contributed by atoms with E-state index in [0.717, 1.165) is 0 Å². The molecule has 0 bridgehead atoms. The van der Waals surface area contributed by atoms with Gasteiger partial charge in [0.2, 0.25) is 0 Å². The van der Waals surface area contributed by atoms with Crippen LogP contribution in [0.25, 0.3) is 10.7 Å². The zero-order valence-electron chi connectivity index (χ0n) is 12.9. The van der Waals surface area contributed by atoms with Crippen LogP contribution in [0.15, 0.2) is 24.0 Å². The molecule has 2 aromatic heterocycles. The molecule has 2 heterocycles. The molecule has 2 aromatic rings. The third-order valence-corrected chi connectivity index (χ3v) is 3.80. The highest BCUT2D eigenvalue weighted by molar-refractivity contribution is 7.13. The van der Waals surface area contributed by atoms with Gasteiger partial charge in [0, 0.05) is 17.8 Å². The minimum absolute atomic E-state index is 0.0214. The normalized spacial score (nSPS) is 12.9. The Morgan fingerprint density at radius 3 is 2.77 bits per heavy atom. The molecule has 0 saturated heterocycles. The Bertz CT molecular complexity index is 622. The number of carbonyl (C=O) groups excluding carboxylic acids is 1. The predicted octanol–water partition coefficient (Wildman–Crippen LogP) is 2.13. The fourth-order valence-corrected chi connectivity index (χ4v) is 2.83. The third kappa shape index (κ3) is 4.57. The first-order valence-corrected chi connectivity index (χ1v) is 7.90. The van der Waals surface area contributed by atoms with Crippen LogP contribution in [-0.4, -0.2) is 38.6 Å². The third-order valence-electron chi connectivity index (χ3n) is 2.93. The summed E-state index contributed by atoms with van der Waals surface area (Å²) in [6.07, 6.45) is 5.47. The average Bonchev–Trinajstić information content (AvgIpc) is 2.96. The number of hydrogen-bond donors (Lipinski definition) is 2. The Morgan fingerprint density at radius 1 is 1.41 bits per heavy atom. The molecule has 0 aliphatic rings. The molecule has 7 heteroatoms. The lowest BCUT2D eigenvalue weighted by molar-refractivity contribution is 0.0893. The fourth-order valence-electron chi connectivity index (χ4n) is 2.06. The van der Waals surface area contributed by atoms with Crippen LogP contribution in [0.3, 0.4) is 0 Å². The second kappa shape index (κ2) is 6.93. The Kier molecular flexibility index (Phi) is 5.20. The summed E-state index contributed by atoms with van der Waals surface area (Å²) in [6.45, 7) is 6.11. The number of aliphatic hydroxyl groups excluding tert-OH is 1. The van der Waals surface area contributed by atoms with E-state index in [9.17, 15) is 9.90 Å². The van der Waals surface area contributed by atoms with E-state index in [0.29, 0.717) is 22.8 Å². The monoisotopic (exact) mass is 320 g/mol. The second-order valence-corrected chi connectivity index (χ2v) is 7.10. The fraction of sp³-hybridized carbons (Fsp3) is 0.467. The molecule has 0 aliphatic heterocycles. The first kappa shape index (κ1) is 16.5. The van der Waals surface area contributed by atoms with Crippen LogP contribution < -0.4 is 5.32 Å². The van der Waals surface area contributed by atoms with Gasteiger partial charge >= 0.3 is 0 Å². The van der Waals surface area contributed by atoms with Gasteiger partial charge in [0.25, 0.3) is 5.91 Å². The van der Waals surface area contributed by atoms with E-state index in [4.69, 9.17) is 0 Å². The number of nitrogens with zero attached hydrogens (tertiary/aromatic N) is 3. The number of nitrogens with one attached hydrogen (secondary N) is 1. The van der Waals surface area contributed by atoms with Crippen molar-refractivity contribution < 1.29 is 9.90 Å². The van der Waals surface area contributed by atoms with Crippen molar-refractivity contribution in [2.24, 2.45) is 5.41 Å². The highest BCUT2D eigenvalue weighted by Gasteiger charge is 2.21. The molecular formula is C15H20N4O2S. The van der Waals surface area contributed by atoms with Crippen molar-refractivity contribution in [3.8, 4) is 10.7 Å². The molecule has 0 spiro atoms. The molecule has 118 valence electrons. The second-order valence-electron chi connectivity index (χ2n) is 6.25. The summed E-state index contributed by atoms with van der Waals surface area (Å²) in [4.78, 5) is 24.7. The Labute approximate surface area is 133 Å². The van der Waals surface area contributed by atoms with Crippen LogP contribution >= 0.6 is 11.3 Å². The highest BCUT2D eigenvalue weighted by Crippen LogP contribution is 2.22. The van der Waals surface area contributed by atoms with E-state index in [1.54, 1.807) is 24.0 Å². The summed E-state index contributed by atoms with van der Waals surface area (Å²) >= 11 is 1.34. The summed E-state index contributed by atoms with van der Waals surface area (Å²) in [5.41, 5.74) is 0.992. The van der Waals surface area contributed by atoms with Crippen molar-refractivity contribution in [3.05, 3.63) is 29.7 Å². The van der Waals surface area contributed by atoms with Crippen LogP contribution in [0.2, 0.25) is 0 Å². The van der Waals surface area contributed by atoms with Crippen LogP contribution in [0.4, 0.5) is 0 Å². The topological polar surface area (TPSA) is 88.0 Å². The molecule has 22 heavy (non-hydrogen) atoms. The first-order chi connectivity index (χ1) is 10.4. The molecule has 1 amide bonds. The largest absolute Gasteiger partial charge is 0.394 e. The summed E-state index contributed by atoms with van der Waals surface area (Å²) in [6, 6.07) is -0.283. The van der Waals surface area contributed by atoms with E-state index in [2.05, 4.69) is 41.0 Å². The molecule has 0 radical (unpaired) electrons. The lowest BCUT2D eigenvalue weighted by Gasteiger charge is -2.25. The van der Waals surface area contributed by atoms with Crippen molar-refractivity contribution >= 4 is 17.2 Å². The summed E-state index contributed by atoms with van der Waals surface area (Å²) in [5, 5.41) is 14.6. The average molecular weight is 320 g/mol. The van der Waals surface area contributed by atoms with Crippen molar-refractivity contribution in [3.63, 3.8) is 0 Å². The minimum Gasteiger partial charge on any atom is -0.394 e. The van der Waals surface area contributed by atoms with E-state index < -0.39 is 0 Å². The number of thiazole rings is 1. The first-order valence-electron chi connectivity index (χ1n) is 7.03. The van der Waals surface area contributed by atoms with E-state index in [1.807, 2.05) is 0 Å². The molecule has 1 unspecified atom stereocenters. The number of amides is 1. The molecule has 2 rings (SSSR count). The van der Waals surface area contributed by atoms with E-state index >= 15 is 0 Å². The molecule has 6 nitrogen and oxygen atoms in total. The number of aliphatic hydroxyl groups is 1. The van der Waals surface area contributed by atoms with Gasteiger partial charge in [-0.1, -0.05) is 20.8 Å². The van der Waals surface area contributed by atoms with Gasteiger partial charge in [-0.3, -0.25) is 14.8 Å². The standard InChI is InChI=1S/C15H20N4O2S/c1-15(2,3)6-10(8-20)18-13(21)12-9-22-14(19-12)11-7-16-4-5-17-11/h4-5,7,9-10,20H,6,8H2,1-3H3,(H,18,21). The summed E-state index contributed by atoms with van der Waals surface area (Å²) < 4.78 is 0. The Morgan fingerprint density at radius 2 is 2.18 bits per heavy atom. The van der Waals surface area contributed by atoms with Gasteiger partial charge in [-0.05, 0) is 11.8 Å². The van der Waals surface area contributed by atoms with Gasteiger partial charge in [0.1, 0.15) is 16.4 Å². The minimum atomic E-state index is -0.283. The molecular weight excluding hydrogens is 300 g/mol. The SMILES string of the molecule is CC(C)(C)CC(CO)NC(=O)c1csc(-c2cnccn2)n1. The Hall–Kier alpha value is -1.86. The summed E-state index contributed by atoms with van der Waals surface area (Å²) in [5.74, 6) is -0.283. The van der Waals surface area contributed by atoms with Gasteiger partial charge in [0.15, 0.2) is 0 Å². The predicted molar refractivity (Wildman–Crippen MR) is 85.6 cm³/mol. The molecule has 1 atom stereocenters. The van der Waals surface area contributed by atoms with Crippen LogP contribution in [-0.2, 0) is 0 Å².